The molecule has 1 N–H and O–H groups in total. The summed E-state index contributed by atoms with van der Waals surface area (Å²) in [5.41, 5.74) is 1.88. The average molecular weight is 340 g/mol. The average Bonchev–Trinajstić information content (AvgIpc) is 2.63. The van der Waals surface area contributed by atoms with E-state index < -0.39 is 0 Å². The second kappa shape index (κ2) is 9.47. The smallest absolute Gasteiger partial charge is 0.236 e. The molecule has 2 aromatic rings. The predicted molar refractivity (Wildman–Crippen MR) is 98.8 cm³/mol. The molecule has 2 aromatic carbocycles. The van der Waals surface area contributed by atoms with Gasteiger partial charge in [-0.15, -0.1) is 0 Å². The Morgan fingerprint density at radius 3 is 2.52 bits per heavy atom. The van der Waals surface area contributed by atoms with Gasteiger partial charge in [0.15, 0.2) is 0 Å². The molecule has 0 atom stereocenters. The van der Waals surface area contributed by atoms with Gasteiger partial charge in [-0.1, -0.05) is 30.3 Å². The number of carbonyl (C=O) groups excluding carboxylic acids is 2. The van der Waals surface area contributed by atoms with Crippen LogP contribution < -0.4 is 15.0 Å². The number of amides is 2. The first-order valence-corrected chi connectivity index (χ1v) is 8.39. The molecule has 0 unspecified atom stereocenters. The fourth-order valence-electron chi connectivity index (χ4n) is 2.58. The van der Waals surface area contributed by atoms with Crippen LogP contribution in [0.4, 0.5) is 5.69 Å². The van der Waals surface area contributed by atoms with Crippen molar-refractivity contribution in [1.29, 1.82) is 0 Å². The molecule has 0 aliphatic rings. The summed E-state index contributed by atoms with van der Waals surface area (Å²) in [6.45, 7) is 2.91. The van der Waals surface area contributed by atoms with E-state index in [0.29, 0.717) is 19.5 Å². The summed E-state index contributed by atoms with van der Waals surface area (Å²) in [7, 11) is 1.62. The fourth-order valence-corrected chi connectivity index (χ4v) is 2.58. The highest BCUT2D eigenvalue weighted by Crippen LogP contribution is 2.14. The van der Waals surface area contributed by atoms with Crippen molar-refractivity contribution in [3.05, 3.63) is 60.2 Å². The highest BCUT2D eigenvalue weighted by molar-refractivity contribution is 6.04. The quantitative estimate of drug-likeness (QED) is 0.752. The first-order chi connectivity index (χ1) is 12.1. The molecule has 0 fully saturated rings. The largest absolute Gasteiger partial charge is 0.497 e. The molecule has 0 saturated heterocycles. The molecule has 2 rings (SSSR count). The van der Waals surface area contributed by atoms with Gasteiger partial charge >= 0.3 is 0 Å². The second-order valence-corrected chi connectivity index (χ2v) is 5.60. The molecule has 132 valence electrons. The lowest BCUT2D eigenvalue weighted by atomic mass is 10.1. The van der Waals surface area contributed by atoms with E-state index in [-0.39, 0.29) is 18.2 Å². The molecular formula is C20H24N2O3. The molecule has 0 bridgehead atoms. The van der Waals surface area contributed by atoms with Gasteiger partial charge in [0.25, 0.3) is 0 Å². The minimum Gasteiger partial charge on any atom is -0.497 e. The number of benzene rings is 2. The Balaban J connectivity index is 1.81. The van der Waals surface area contributed by atoms with Crippen molar-refractivity contribution in [3.8, 4) is 5.75 Å². The summed E-state index contributed by atoms with van der Waals surface area (Å²) in [4.78, 5) is 26.0. The molecule has 0 saturated carbocycles. The van der Waals surface area contributed by atoms with Crippen LogP contribution in [-0.4, -0.2) is 32.0 Å². The van der Waals surface area contributed by atoms with Gasteiger partial charge in [-0.3, -0.25) is 9.59 Å². The SMILES string of the molecule is CCN(C(=O)CC(=O)NCCc1cccc(OC)c1)c1ccccc1. The lowest BCUT2D eigenvalue weighted by Crippen LogP contribution is -2.36. The number of carbonyl (C=O) groups is 2. The Morgan fingerprint density at radius 2 is 1.84 bits per heavy atom. The molecule has 0 aliphatic carbocycles. The number of nitrogens with zero attached hydrogens (tertiary/aromatic N) is 1. The van der Waals surface area contributed by atoms with Crippen LogP contribution in [-0.2, 0) is 16.0 Å². The molecule has 0 heterocycles. The fraction of sp³-hybridized carbons (Fsp3) is 0.300. The standard InChI is InChI=1S/C20H24N2O3/c1-3-22(17-9-5-4-6-10-17)20(24)15-19(23)21-13-12-16-8-7-11-18(14-16)25-2/h4-11,14H,3,12-13,15H2,1-2H3,(H,21,23). The Bertz CT molecular complexity index is 701. The first-order valence-electron chi connectivity index (χ1n) is 8.39. The zero-order valence-electron chi connectivity index (χ0n) is 14.7. The number of methoxy groups -OCH3 is 1. The summed E-state index contributed by atoms with van der Waals surface area (Å²) in [6.07, 6.45) is 0.536. The van der Waals surface area contributed by atoms with E-state index in [0.717, 1.165) is 17.0 Å². The van der Waals surface area contributed by atoms with Crippen LogP contribution in [0.2, 0.25) is 0 Å². The van der Waals surface area contributed by atoms with Gasteiger partial charge in [0, 0.05) is 18.8 Å². The number of hydrogen-bond donors (Lipinski definition) is 1. The lowest BCUT2D eigenvalue weighted by Gasteiger charge is -2.20. The highest BCUT2D eigenvalue weighted by atomic mass is 16.5. The third-order valence-electron chi connectivity index (χ3n) is 3.87. The summed E-state index contributed by atoms with van der Waals surface area (Å²) >= 11 is 0. The van der Waals surface area contributed by atoms with E-state index in [1.54, 1.807) is 12.0 Å². The van der Waals surface area contributed by atoms with Crippen molar-refractivity contribution in [1.82, 2.24) is 5.32 Å². The van der Waals surface area contributed by atoms with Gasteiger partial charge in [0.2, 0.25) is 11.8 Å². The van der Waals surface area contributed by atoms with Gasteiger partial charge in [-0.25, -0.2) is 0 Å². The van der Waals surface area contributed by atoms with Crippen molar-refractivity contribution in [2.75, 3.05) is 25.1 Å². The molecule has 25 heavy (non-hydrogen) atoms. The number of rotatable bonds is 8. The maximum atomic E-state index is 12.4. The van der Waals surface area contributed by atoms with Crippen molar-refractivity contribution >= 4 is 17.5 Å². The Morgan fingerprint density at radius 1 is 1.08 bits per heavy atom. The molecule has 0 spiro atoms. The van der Waals surface area contributed by atoms with Crippen molar-refractivity contribution in [2.24, 2.45) is 0 Å². The number of hydrogen-bond acceptors (Lipinski definition) is 3. The summed E-state index contributed by atoms with van der Waals surface area (Å²) in [6, 6.07) is 17.1. The Hall–Kier alpha value is -2.82. The first kappa shape index (κ1) is 18.5. The van der Waals surface area contributed by atoms with Crippen molar-refractivity contribution in [3.63, 3.8) is 0 Å². The van der Waals surface area contributed by atoms with E-state index in [9.17, 15) is 9.59 Å². The molecular weight excluding hydrogens is 316 g/mol. The monoisotopic (exact) mass is 340 g/mol. The van der Waals surface area contributed by atoms with Gasteiger partial charge in [0.1, 0.15) is 12.2 Å². The van der Waals surface area contributed by atoms with Gasteiger partial charge in [-0.05, 0) is 43.2 Å². The zero-order valence-corrected chi connectivity index (χ0v) is 14.7. The summed E-state index contributed by atoms with van der Waals surface area (Å²) in [5, 5.41) is 2.80. The normalized spacial score (nSPS) is 10.2. The highest BCUT2D eigenvalue weighted by Gasteiger charge is 2.17. The number of nitrogens with one attached hydrogen (secondary N) is 1. The van der Waals surface area contributed by atoms with E-state index in [2.05, 4.69) is 5.32 Å². The third kappa shape index (κ3) is 5.64. The topological polar surface area (TPSA) is 58.6 Å². The number of para-hydroxylation sites is 1. The molecule has 2 amide bonds. The van der Waals surface area contributed by atoms with Crippen LogP contribution in [0.1, 0.15) is 18.9 Å². The van der Waals surface area contributed by atoms with Gasteiger partial charge in [-0.2, -0.15) is 0 Å². The van der Waals surface area contributed by atoms with E-state index in [1.807, 2.05) is 61.5 Å². The van der Waals surface area contributed by atoms with Crippen LogP contribution >= 0.6 is 0 Å². The van der Waals surface area contributed by atoms with Crippen LogP contribution in [0, 0.1) is 0 Å². The third-order valence-corrected chi connectivity index (χ3v) is 3.87. The molecule has 5 heteroatoms. The van der Waals surface area contributed by atoms with Crippen molar-refractivity contribution in [2.45, 2.75) is 19.8 Å². The molecule has 0 radical (unpaired) electrons. The van der Waals surface area contributed by atoms with Crippen LogP contribution in [0.15, 0.2) is 54.6 Å². The molecule has 5 nitrogen and oxygen atoms in total. The van der Waals surface area contributed by atoms with Crippen LogP contribution in [0.3, 0.4) is 0 Å². The zero-order chi connectivity index (χ0) is 18.1. The predicted octanol–water partition coefficient (Wildman–Crippen LogP) is 2.80. The van der Waals surface area contributed by atoms with Crippen LogP contribution in [0.25, 0.3) is 0 Å². The number of ether oxygens (including phenoxy) is 1. The Labute approximate surface area is 148 Å². The summed E-state index contributed by atoms with van der Waals surface area (Å²) in [5.74, 6) is 0.329. The lowest BCUT2D eigenvalue weighted by molar-refractivity contribution is -0.127. The van der Waals surface area contributed by atoms with Gasteiger partial charge in [0.05, 0.1) is 7.11 Å². The second-order valence-electron chi connectivity index (χ2n) is 5.60. The maximum Gasteiger partial charge on any atom is 0.236 e. The van der Waals surface area contributed by atoms with E-state index in [4.69, 9.17) is 4.74 Å². The maximum absolute atomic E-state index is 12.4. The number of anilines is 1. The minimum atomic E-state index is -0.262. The van der Waals surface area contributed by atoms with E-state index in [1.165, 1.54) is 0 Å². The van der Waals surface area contributed by atoms with Crippen molar-refractivity contribution < 1.29 is 14.3 Å². The minimum absolute atomic E-state index is 0.152. The molecule has 0 aliphatic heterocycles. The summed E-state index contributed by atoms with van der Waals surface area (Å²) < 4.78 is 5.18. The molecule has 0 aromatic heterocycles. The van der Waals surface area contributed by atoms with E-state index >= 15 is 0 Å². The van der Waals surface area contributed by atoms with Crippen LogP contribution in [0.5, 0.6) is 5.75 Å². The van der Waals surface area contributed by atoms with Gasteiger partial charge < -0.3 is 15.0 Å². The Kier molecular flexibility index (Phi) is 7.01.